The summed E-state index contributed by atoms with van der Waals surface area (Å²) in [5, 5.41) is 8.10. The topological polar surface area (TPSA) is 71.5 Å². The highest BCUT2D eigenvalue weighted by atomic mass is 16.5. The Morgan fingerprint density at radius 2 is 1.93 bits per heavy atom. The minimum absolute atomic E-state index is 0.369. The van der Waals surface area contributed by atoms with Crippen molar-refractivity contribution in [2.24, 2.45) is 5.92 Å². The summed E-state index contributed by atoms with van der Waals surface area (Å²) in [7, 11) is 3.32. The monoisotopic (exact) mass is 385 g/mol. The van der Waals surface area contributed by atoms with E-state index in [-0.39, 0.29) is 0 Å². The molecule has 1 aromatic heterocycles. The normalized spacial score (nSPS) is 22.9. The van der Waals surface area contributed by atoms with Crippen molar-refractivity contribution in [3.63, 3.8) is 0 Å². The van der Waals surface area contributed by atoms with Gasteiger partial charge in [0, 0.05) is 37.1 Å². The van der Waals surface area contributed by atoms with Gasteiger partial charge in [0.1, 0.15) is 5.82 Å². The van der Waals surface area contributed by atoms with Crippen LogP contribution in [0.15, 0.2) is 12.1 Å². The maximum Gasteiger partial charge on any atom is 0.227 e. The van der Waals surface area contributed by atoms with Gasteiger partial charge in [-0.1, -0.05) is 6.92 Å². The fraction of sp³-hybridized carbons (Fsp3) is 0.619. The predicted molar refractivity (Wildman–Crippen MR) is 113 cm³/mol. The number of rotatable bonds is 5. The van der Waals surface area contributed by atoms with E-state index in [2.05, 4.69) is 22.5 Å². The first-order valence-electron chi connectivity index (χ1n) is 10.3. The van der Waals surface area contributed by atoms with Gasteiger partial charge in [-0.25, -0.2) is 4.98 Å². The van der Waals surface area contributed by atoms with Crippen LogP contribution >= 0.6 is 0 Å². The maximum atomic E-state index is 5.52. The van der Waals surface area contributed by atoms with Gasteiger partial charge in [-0.2, -0.15) is 4.98 Å². The van der Waals surface area contributed by atoms with Gasteiger partial charge in [-0.3, -0.25) is 0 Å². The van der Waals surface area contributed by atoms with Crippen LogP contribution in [0.2, 0.25) is 0 Å². The molecule has 2 saturated heterocycles. The summed E-state index contributed by atoms with van der Waals surface area (Å²) in [6, 6.07) is 4.31. The molecule has 2 aliphatic rings. The second-order valence-electron chi connectivity index (χ2n) is 7.98. The number of anilines is 2. The van der Waals surface area contributed by atoms with E-state index >= 15 is 0 Å². The van der Waals surface area contributed by atoms with Crippen molar-refractivity contribution in [2.45, 2.75) is 38.6 Å². The van der Waals surface area contributed by atoms with Gasteiger partial charge >= 0.3 is 0 Å². The van der Waals surface area contributed by atoms with Crippen molar-refractivity contribution in [1.29, 1.82) is 0 Å². The van der Waals surface area contributed by atoms with Crippen LogP contribution in [0.1, 0.15) is 32.6 Å². The Balaban J connectivity index is 1.77. The number of hydrogen-bond acceptors (Lipinski definition) is 7. The second-order valence-corrected chi connectivity index (χ2v) is 7.98. The molecule has 2 aliphatic heterocycles. The first-order chi connectivity index (χ1) is 13.7. The molecule has 0 bridgehead atoms. The number of ether oxygens (including phenoxy) is 2. The van der Waals surface area contributed by atoms with Gasteiger partial charge in [0.25, 0.3) is 0 Å². The van der Waals surface area contributed by atoms with Gasteiger partial charge in [0.2, 0.25) is 5.95 Å². The van der Waals surface area contributed by atoms with Crippen LogP contribution in [0.25, 0.3) is 10.9 Å². The summed E-state index contributed by atoms with van der Waals surface area (Å²) < 4.78 is 11.0. The lowest BCUT2D eigenvalue weighted by Crippen LogP contribution is -2.39. The molecule has 2 fully saturated rings. The molecule has 1 aromatic carbocycles. The third kappa shape index (κ3) is 3.94. The van der Waals surface area contributed by atoms with Crippen molar-refractivity contribution >= 4 is 22.7 Å². The van der Waals surface area contributed by atoms with E-state index in [1.54, 1.807) is 14.2 Å². The van der Waals surface area contributed by atoms with Crippen molar-refractivity contribution in [3.8, 4) is 11.5 Å². The third-order valence-electron chi connectivity index (χ3n) is 5.77. The molecule has 3 heterocycles. The van der Waals surface area contributed by atoms with E-state index in [0.29, 0.717) is 23.5 Å². The number of benzene rings is 1. The minimum Gasteiger partial charge on any atom is -0.493 e. The van der Waals surface area contributed by atoms with E-state index in [1.165, 1.54) is 19.3 Å². The Labute approximate surface area is 166 Å². The largest absolute Gasteiger partial charge is 0.493 e. The number of nitrogens with zero attached hydrogens (tertiary/aromatic N) is 3. The van der Waals surface area contributed by atoms with E-state index < -0.39 is 0 Å². The molecule has 4 rings (SSSR count). The van der Waals surface area contributed by atoms with Crippen LogP contribution in [-0.4, -0.2) is 56.4 Å². The maximum absolute atomic E-state index is 5.52. The predicted octanol–water partition coefficient (Wildman–Crippen LogP) is 3.05. The van der Waals surface area contributed by atoms with E-state index in [4.69, 9.17) is 19.4 Å². The molecule has 152 valence electrons. The molecular formula is C21H31N5O2. The average Bonchev–Trinajstić information content (AvgIpc) is 2.73. The van der Waals surface area contributed by atoms with Crippen LogP contribution in [0.5, 0.6) is 11.5 Å². The van der Waals surface area contributed by atoms with Gasteiger partial charge in [-0.15, -0.1) is 0 Å². The number of hydrogen-bond donors (Lipinski definition) is 2. The highest BCUT2D eigenvalue weighted by molar-refractivity contribution is 5.93. The summed E-state index contributed by atoms with van der Waals surface area (Å²) in [5.74, 6) is 3.74. The van der Waals surface area contributed by atoms with Crippen LogP contribution < -0.4 is 25.0 Å². The molecule has 0 aliphatic carbocycles. The van der Waals surface area contributed by atoms with E-state index in [1.807, 2.05) is 12.1 Å². The Morgan fingerprint density at radius 1 is 1.11 bits per heavy atom. The molecule has 0 spiro atoms. The number of aromatic nitrogens is 2. The molecule has 7 heteroatoms. The Bertz CT molecular complexity index is 822. The van der Waals surface area contributed by atoms with Crippen LogP contribution in [0, 0.1) is 5.92 Å². The molecule has 2 aromatic rings. The summed E-state index contributed by atoms with van der Waals surface area (Å²) in [6.45, 7) is 6.35. The standard InChI is InChI=1S/C21H31N5O2/c1-14-6-5-9-26(13-14)21-24-17-11-19(28-3)18(27-2)10-16(17)20(25-21)23-15-7-4-8-22-12-15/h10-11,14-15,22H,4-9,12-13H2,1-3H3,(H,23,24,25)/t14?,15-/m0/s1. The van der Waals surface area contributed by atoms with E-state index in [9.17, 15) is 0 Å². The lowest BCUT2D eigenvalue weighted by atomic mass is 10.0. The van der Waals surface area contributed by atoms with Crippen molar-refractivity contribution < 1.29 is 9.47 Å². The molecule has 2 N–H and O–H groups in total. The summed E-state index contributed by atoms with van der Waals surface area (Å²) in [5.41, 5.74) is 0.882. The molecule has 2 atom stereocenters. The van der Waals surface area contributed by atoms with Gasteiger partial charge < -0.3 is 25.0 Å². The smallest absolute Gasteiger partial charge is 0.227 e. The quantitative estimate of drug-likeness (QED) is 0.820. The Hall–Kier alpha value is -2.28. The first kappa shape index (κ1) is 19.1. The number of methoxy groups -OCH3 is 2. The number of fused-ring (bicyclic) bond motifs is 1. The molecule has 0 amide bonds. The zero-order chi connectivity index (χ0) is 19.5. The molecule has 0 radical (unpaired) electrons. The van der Waals surface area contributed by atoms with Crippen LogP contribution in [0.4, 0.5) is 11.8 Å². The zero-order valence-electron chi connectivity index (χ0n) is 17.1. The first-order valence-corrected chi connectivity index (χ1v) is 10.3. The average molecular weight is 386 g/mol. The number of nitrogens with one attached hydrogen (secondary N) is 2. The Kier molecular flexibility index (Phi) is 5.71. The SMILES string of the molecule is COc1cc2nc(N3CCCC(C)C3)nc(N[C@H]3CCCNC3)c2cc1OC. The minimum atomic E-state index is 0.369. The molecule has 28 heavy (non-hydrogen) atoms. The molecular weight excluding hydrogens is 354 g/mol. The van der Waals surface area contributed by atoms with Crippen molar-refractivity contribution in [2.75, 3.05) is 50.6 Å². The van der Waals surface area contributed by atoms with Gasteiger partial charge in [0.15, 0.2) is 11.5 Å². The van der Waals surface area contributed by atoms with Crippen LogP contribution in [-0.2, 0) is 0 Å². The zero-order valence-corrected chi connectivity index (χ0v) is 17.1. The summed E-state index contributed by atoms with van der Waals surface area (Å²) in [6.07, 6.45) is 4.77. The lowest BCUT2D eigenvalue weighted by molar-refractivity contribution is 0.356. The summed E-state index contributed by atoms with van der Waals surface area (Å²) in [4.78, 5) is 12.2. The molecule has 1 unspecified atom stereocenters. The summed E-state index contributed by atoms with van der Waals surface area (Å²) >= 11 is 0. The Morgan fingerprint density at radius 3 is 2.64 bits per heavy atom. The molecule has 7 nitrogen and oxygen atoms in total. The van der Waals surface area contributed by atoms with Gasteiger partial charge in [0.05, 0.1) is 19.7 Å². The van der Waals surface area contributed by atoms with Gasteiger partial charge in [-0.05, 0) is 44.2 Å². The highest BCUT2D eigenvalue weighted by Gasteiger charge is 2.22. The highest BCUT2D eigenvalue weighted by Crippen LogP contribution is 2.36. The van der Waals surface area contributed by atoms with Crippen molar-refractivity contribution in [3.05, 3.63) is 12.1 Å². The fourth-order valence-corrected chi connectivity index (χ4v) is 4.23. The van der Waals surface area contributed by atoms with Crippen molar-refractivity contribution in [1.82, 2.24) is 15.3 Å². The molecule has 0 saturated carbocycles. The van der Waals surface area contributed by atoms with Crippen LogP contribution in [0.3, 0.4) is 0 Å². The fourth-order valence-electron chi connectivity index (χ4n) is 4.23. The number of piperidine rings is 2. The second kappa shape index (κ2) is 8.39. The lowest BCUT2D eigenvalue weighted by Gasteiger charge is -2.32. The third-order valence-corrected chi connectivity index (χ3v) is 5.77. The van der Waals surface area contributed by atoms with E-state index in [0.717, 1.165) is 55.3 Å².